The molecule has 0 bridgehead atoms. The van der Waals surface area contributed by atoms with Crippen LogP contribution >= 0.6 is 0 Å². The molecule has 0 fully saturated rings. The number of carbonyl (C=O) groups is 2. The normalized spacial score (nSPS) is 13.9. The monoisotopic (exact) mass is 822 g/mol. The molecule has 6 nitrogen and oxygen atoms in total. The van der Waals surface area contributed by atoms with E-state index in [0.717, 1.165) is 89.1 Å². The van der Waals surface area contributed by atoms with Crippen LogP contribution in [0.1, 0.15) is 285 Å². The van der Waals surface area contributed by atoms with Crippen LogP contribution in [0, 0.1) is 11.8 Å². The molecule has 2 atom stereocenters. The predicted octanol–water partition coefficient (Wildman–Crippen LogP) is 16.1. The molecule has 0 rings (SSSR count). The number of aliphatic carboxylic acids is 2. The van der Waals surface area contributed by atoms with Crippen LogP contribution in [0.4, 0.5) is 0 Å². The fourth-order valence-electron chi connectivity index (χ4n) is 9.82. The van der Waals surface area contributed by atoms with Gasteiger partial charge in [0.05, 0.1) is 0 Å². The minimum absolute atomic E-state index is 0.126. The lowest BCUT2D eigenvalue weighted by Gasteiger charge is -2.49. The van der Waals surface area contributed by atoms with Gasteiger partial charge in [-0.2, -0.15) is 0 Å². The second-order valence-corrected chi connectivity index (χ2v) is 18.8. The number of nitrogens with zero attached hydrogens (tertiary/aromatic N) is 1. The molecule has 0 saturated carbocycles. The van der Waals surface area contributed by atoms with Crippen LogP contribution in [-0.2, 0) is 9.59 Å². The average molecular weight is 822 g/mol. The molecular weight excluding hydrogens is 719 g/mol. The Bertz CT molecular complexity index is 846. The highest BCUT2D eigenvalue weighted by Gasteiger charge is 2.39. The lowest BCUT2D eigenvalue weighted by atomic mass is 9.71. The molecule has 6 heteroatoms. The lowest BCUT2D eigenvalue weighted by Crippen LogP contribution is -2.52. The topological polar surface area (TPSA) is 98.1 Å². The Hall–Kier alpha value is -1.14. The zero-order valence-corrected chi connectivity index (χ0v) is 39.7. The smallest absolute Gasteiger partial charge is 0.303 e. The SMILES string of the molecule is CCCCCCCCC(CCCCCC)CC(CCCCCCC(=O)O)(CC(CCCCCC)CCCCCCCC)N(CCCCO)CCCCCCCC(=O)O. The van der Waals surface area contributed by atoms with Gasteiger partial charge >= 0.3 is 11.9 Å². The van der Waals surface area contributed by atoms with Gasteiger partial charge in [-0.1, -0.05) is 220 Å². The third-order valence-corrected chi connectivity index (χ3v) is 13.3. The third kappa shape index (κ3) is 34.6. The molecule has 2 unspecified atom stereocenters. The third-order valence-electron chi connectivity index (χ3n) is 13.3. The van der Waals surface area contributed by atoms with Crippen LogP contribution in [0.2, 0.25) is 0 Å². The Morgan fingerprint density at radius 1 is 0.414 bits per heavy atom. The summed E-state index contributed by atoms with van der Waals surface area (Å²) in [7, 11) is 0. The number of carboxylic acids is 2. The summed E-state index contributed by atoms with van der Waals surface area (Å²) in [6, 6.07) is 0. The zero-order chi connectivity index (χ0) is 42.8. The summed E-state index contributed by atoms with van der Waals surface area (Å²) in [6.45, 7) is 11.7. The van der Waals surface area contributed by atoms with E-state index in [1.807, 2.05) is 0 Å². The molecule has 58 heavy (non-hydrogen) atoms. The largest absolute Gasteiger partial charge is 0.481 e. The van der Waals surface area contributed by atoms with Gasteiger partial charge in [0.25, 0.3) is 0 Å². The Morgan fingerprint density at radius 3 is 1.10 bits per heavy atom. The summed E-state index contributed by atoms with van der Waals surface area (Å²) in [5, 5.41) is 28.6. The molecule has 0 heterocycles. The molecule has 0 aromatic heterocycles. The molecule has 0 aliphatic heterocycles. The second kappa shape index (κ2) is 42.5. The summed E-state index contributed by atoms with van der Waals surface area (Å²) >= 11 is 0. The lowest BCUT2D eigenvalue weighted by molar-refractivity contribution is -0.138. The van der Waals surface area contributed by atoms with Crippen molar-refractivity contribution in [3.8, 4) is 0 Å². The van der Waals surface area contributed by atoms with Gasteiger partial charge in [-0.15, -0.1) is 0 Å². The number of hydrogen-bond donors (Lipinski definition) is 3. The Balaban J connectivity index is 6.87. The van der Waals surface area contributed by atoms with Crippen LogP contribution < -0.4 is 0 Å². The van der Waals surface area contributed by atoms with Gasteiger partial charge < -0.3 is 15.3 Å². The quantitative estimate of drug-likeness (QED) is 0.0529. The first-order valence-electron chi connectivity index (χ1n) is 26.1. The summed E-state index contributed by atoms with van der Waals surface area (Å²) in [6.07, 6.45) is 47.7. The Morgan fingerprint density at radius 2 is 0.724 bits per heavy atom. The molecule has 0 aromatic carbocycles. The van der Waals surface area contributed by atoms with E-state index in [1.165, 1.54) is 180 Å². The summed E-state index contributed by atoms with van der Waals surface area (Å²) in [4.78, 5) is 25.5. The van der Waals surface area contributed by atoms with Crippen LogP contribution in [-0.4, -0.2) is 57.4 Å². The highest BCUT2D eigenvalue weighted by molar-refractivity contribution is 5.66. The van der Waals surface area contributed by atoms with Crippen molar-refractivity contribution in [2.24, 2.45) is 11.8 Å². The van der Waals surface area contributed by atoms with E-state index in [2.05, 4.69) is 32.6 Å². The van der Waals surface area contributed by atoms with Crippen molar-refractivity contribution in [3.63, 3.8) is 0 Å². The maximum absolute atomic E-state index is 11.4. The zero-order valence-electron chi connectivity index (χ0n) is 39.7. The van der Waals surface area contributed by atoms with E-state index in [-0.39, 0.29) is 25.0 Å². The van der Waals surface area contributed by atoms with Crippen molar-refractivity contribution in [3.05, 3.63) is 0 Å². The molecule has 0 aliphatic carbocycles. The van der Waals surface area contributed by atoms with E-state index in [4.69, 9.17) is 0 Å². The number of unbranched alkanes of at least 4 members (excludes halogenated alkanes) is 24. The Labute approximate surface area is 362 Å². The highest BCUT2D eigenvalue weighted by Crippen LogP contribution is 2.42. The molecule has 0 aliphatic rings. The second-order valence-electron chi connectivity index (χ2n) is 18.8. The van der Waals surface area contributed by atoms with Crippen molar-refractivity contribution in [1.82, 2.24) is 4.90 Å². The molecule has 0 amide bonds. The van der Waals surface area contributed by atoms with Crippen molar-refractivity contribution < 1.29 is 24.9 Å². The van der Waals surface area contributed by atoms with Gasteiger partial charge in [-0.3, -0.25) is 14.5 Å². The first-order chi connectivity index (χ1) is 28.3. The van der Waals surface area contributed by atoms with E-state index in [0.29, 0.717) is 0 Å². The van der Waals surface area contributed by atoms with Crippen LogP contribution in [0.3, 0.4) is 0 Å². The molecule has 0 radical (unpaired) electrons. The molecule has 0 aromatic rings. The van der Waals surface area contributed by atoms with E-state index in [1.54, 1.807) is 0 Å². The van der Waals surface area contributed by atoms with Crippen molar-refractivity contribution in [1.29, 1.82) is 0 Å². The highest BCUT2D eigenvalue weighted by atomic mass is 16.4. The summed E-state index contributed by atoms with van der Waals surface area (Å²) in [5.41, 5.74) is 0.126. The molecule has 3 N–H and O–H groups in total. The van der Waals surface area contributed by atoms with Gasteiger partial charge in [-0.05, 0) is 76.3 Å². The van der Waals surface area contributed by atoms with Crippen LogP contribution in [0.25, 0.3) is 0 Å². The van der Waals surface area contributed by atoms with Gasteiger partial charge in [0.15, 0.2) is 0 Å². The molecule has 0 spiro atoms. The molecule has 0 saturated heterocycles. The van der Waals surface area contributed by atoms with Crippen LogP contribution in [0.15, 0.2) is 0 Å². The maximum atomic E-state index is 11.4. The first-order valence-corrected chi connectivity index (χ1v) is 26.1. The van der Waals surface area contributed by atoms with E-state index < -0.39 is 11.9 Å². The number of hydrogen-bond acceptors (Lipinski definition) is 4. The maximum Gasteiger partial charge on any atom is 0.303 e. The van der Waals surface area contributed by atoms with E-state index in [9.17, 15) is 24.9 Å². The minimum Gasteiger partial charge on any atom is -0.481 e. The molecular formula is C52H103NO5. The fraction of sp³-hybridized carbons (Fsp3) is 0.962. The van der Waals surface area contributed by atoms with Gasteiger partial charge in [0.1, 0.15) is 0 Å². The minimum atomic E-state index is -0.682. The summed E-state index contributed by atoms with van der Waals surface area (Å²) < 4.78 is 0. The van der Waals surface area contributed by atoms with Crippen molar-refractivity contribution in [2.75, 3.05) is 19.7 Å². The standard InChI is InChI=1S/C52H103NO5/c1-5-9-13-17-20-28-38-48(36-26-15-11-7-3)46-52(42-32-24-23-31-41-51(57)58,47-49(37-27-16-12-8-4)39-29-21-18-14-10-6-2)53(44-34-35-45-54)43-33-25-19-22-30-40-50(55)56/h48-49,54H,5-47H2,1-4H3,(H,55,56)(H,57,58). The number of aliphatic hydroxyl groups is 1. The summed E-state index contributed by atoms with van der Waals surface area (Å²) in [5.74, 6) is 0.120. The van der Waals surface area contributed by atoms with Gasteiger partial charge in [-0.25, -0.2) is 0 Å². The van der Waals surface area contributed by atoms with E-state index >= 15 is 0 Å². The Kier molecular flexibility index (Phi) is 41.7. The predicted molar refractivity (Wildman–Crippen MR) is 251 cm³/mol. The number of rotatable bonds is 48. The van der Waals surface area contributed by atoms with Crippen molar-refractivity contribution in [2.45, 2.75) is 290 Å². The number of carboxylic acid groups (broad SMARTS) is 2. The first kappa shape index (κ1) is 56.9. The van der Waals surface area contributed by atoms with Crippen LogP contribution in [0.5, 0.6) is 0 Å². The van der Waals surface area contributed by atoms with Crippen molar-refractivity contribution >= 4 is 11.9 Å². The fourth-order valence-corrected chi connectivity index (χ4v) is 9.82. The van der Waals surface area contributed by atoms with Gasteiger partial charge in [0, 0.05) is 25.0 Å². The number of aliphatic hydroxyl groups excluding tert-OH is 1. The molecule has 346 valence electrons. The van der Waals surface area contributed by atoms with Gasteiger partial charge in [0.2, 0.25) is 0 Å². The average Bonchev–Trinajstić information content (AvgIpc) is 3.20.